The SMILES string of the molecule is CN(C)c1ccc2nnc(C3CCN(c4ccnc5ccccc45)CC3)n2n1. The third-order valence-electron chi connectivity index (χ3n) is 5.56. The van der Waals surface area contributed by atoms with Crippen LogP contribution in [0.1, 0.15) is 24.6 Å². The van der Waals surface area contributed by atoms with Gasteiger partial charge < -0.3 is 9.80 Å². The predicted molar refractivity (Wildman–Crippen MR) is 111 cm³/mol. The minimum absolute atomic E-state index is 0.365. The lowest BCUT2D eigenvalue weighted by Gasteiger charge is -2.33. The van der Waals surface area contributed by atoms with E-state index in [1.54, 1.807) is 0 Å². The van der Waals surface area contributed by atoms with Crippen LogP contribution in [0.3, 0.4) is 0 Å². The van der Waals surface area contributed by atoms with Gasteiger partial charge in [0.25, 0.3) is 0 Å². The standard InChI is InChI=1S/C21H23N7/c1-26(2)20-8-7-19-23-24-21(28(19)25-20)15-10-13-27(14-11-15)18-9-12-22-17-6-4-3-5-16(17)18/h3-9,12,15H,10-11,13-14H2,1-2H3. The van der Waals surface area contributed by atoms with Crippen molar-refractivity contribution >= 4 is 28.1 Å². The van der Waals surface area contributed by atoms with E-state index in [1.165, 1.54) is 11.1 Å². The number of para-hydroxylation sites is 1. The second-order valence-electron chi connectivity index (χ2n) is 7.52. The van der Waals surface area contributed by atoms with Gasteiger partial charge in [0.15, 0.2) is 11.5 Å². The van der Waals surface area contributed by atoms with E-state index < -0.39 is 0 Å². The highest BCUT2D eigenvalue weighted by molar-refractivity contribution is 5.91. The number of pyridine rings is 1. The molecule has 0 bridgehead atoms. The van der Waals surface area contributed by atoms with Crippen molar-refractivity contribution in [2.75, 3.05) is 37.0 Å². The average molecular weight is 373 g/mol. The average Bonchev–Trinajstić information content (AvgIpc) is 3.17. The Hall–Kier alpha value is -3.22. The third kappa shape index (κ3) is 2.83. The van der Waals surface area contributed by atoms with E-state index in [4.69, 9.17) is 5.10 Å². The maximum Gasteiger partial charge on any atom is 0.178 e. The fourth-order valence-corrected chi connectivity index (χ4v) is 4.02. The van der Waals surface area contributed by atoms with E-state index in [0.29, 0.717) is 5.92 Å². The molecule has 4 aromatic rings. The van der Waals surface area contributed by atoms with Gasteiger partial charge in [-0.05, 0) is 37.1 Å². The molecule has 7 nitrogen and oxygen atoms in total. The van der Waals surface area contributed by atoms with Crippen molar-refractivity contribution in [2.24, 2.45) is 0 Å². The van der Waals surface area contributed by atoms with Gasteiger partial charge in [0.05, 0.1) is 5.52 Å². The van der Waals surface area contributed by atoms with Gasteiger partial charge in [-0.1, -0.05) is 18.2 Å². The van der Waals surface area contributed by atoms with Crippen LogP contribution in [0.25, 0.3) is 16.6 Å². The molecular formula is C21H23N7. The van der Waals surface area contributed by atoms with E-state index in [0.717, 1.165) is 48.7 Å². The number of rotatable bonds is 3. The van der Waals surface area contributed by atoms with Gasteiger partial charge in [0.1, 0.15) is 5.82 Å². The Kier molecular flexibility index (Phi) is 4.07. The zero-order valence-electron chi connectivity index (χ0n) is 16.2. The summed E-state index contributed by atoms with van der Waals surface area (Å²) in [6.45, 7) is 1.97. The van der Waals surface area contributed by atoms with Crippen molar-refractivity contribution in [3.8, 4) is 0 Å². The number of fused-ring (bicyclic) bond motifs is 2. The summed E-state index contributed by atoms with van der Waals surface area (Å²) in [6, 6.07) is 14.4. The Balaban J connectivity index is 1.40. The fourth-order valence-electron chi connectivity index (χ4n) is 4.02. The summed E-state index contributed by atoms with van der Waals surface area (Å²) >= 11 is 0. The highest BCUT2D eigenvalue weighted by Gasteiger charge is 2.26. The smallest absolute Gasteiger partial charge is 0.178 e. The Morgan fingerprint density at radius 3 is 2.61 bits per heavy atom. The van der Waals surface area contributed by atoms with Gasteiger partial charge in [-0.3, -0.25) is 4.98 Å². The Morgan fingerprint density at radius 1 is 0.964 bits per heavy atom. The molecule has 0 spiro atoms. The maximum atomic E-state index is 4.72. The highest BCUT2D eigenvalue weighted by Crippen LogP contribution is 2.32. The van der Waals surface area contributed by atoms with Crippen LogP contribution in [-0.2, 0) is 0 Å². The van der Waals surface area contributed by atoms with E-state index in [1.807, 2.05) is 47.9 Å². The summed E-state index contributed by atoms with van der Waals surface area (Å²) < 4.78 is 1.91. The molecule has 1 aliphatic heterocycles. The summed E-state index contributed by atoms with van der Waals surface area (Å²) in [6.07, 6.45) is 3.97. The fraction of sp³-hybridized carbons (Fsp3) is 0.333. The summed E-state index contributed by atoms with van der Waals surface area (Å²) in [4.78, 5) is 8.95. The molecule has 1 aliphatic rings. The molecule has 0 aliphatic carbocycles. The van der Waals surface area contributed by atoms with Crippen LogP contribution in [0.5, 0.6) is 0 Å². The summed E-state index contributed by atoms with van der Waals surface area (Å²) in [7, 11) is 3.99. The van der Waals surface area contributed by atoms with Crippen molar-refractivity contribution in [1.29, 1.82) is 0 Å². The van der Waals surface area contributed by atoms with Gasteiger partial charge >= 0.3 is 0 Å². The van der Waals surface area contributed by atoms with Gasteiger partial charge in [0.2, 0.25) is 0 Å². The van der Waals surface area contributed by atoms with Crippen LogP contribution in [0.4, 0.5) is 11.5 Å². The van der Waals surface area contributed by atoms with Crippen molar-refractivity contribution in [1.82, 2.24) is 24.8 Å². The van der Waals surface area contributed by atoms with Crippen LogP contribution >= 0.6 is 0 Å². The number of piperidine rings is 1. The van der Waals surface area contributed by atoms with Crippen LogP contribution in [0.2, 0.25) is 0 Å². The number of anilines is 2. The van der Waals surface area contributed by atoms with Crippen molar-refractivity contribution in [2.45, 2.75) is 18.8 Å². The van der Waals surface area contributed by atoms with E-state index in [9.17, 15) is 0 Å². The summed E-state index contributed by atoms with van der Waals surface area (Å²) in [5.74, 6) is 2.25. The number of nitrogens with zero attached hydrogens (tertiary/aromatic N) is 7. The van der Waals surface area contributed by atoms with E-state index in [-0.39, 0.29) is 0 Å². The lowest BCUT2D eigenvalue weighted by atomic mass is 9.95. The molecule has 1 saturated heterocycles. The van der Waals surface area contributed by atoms with Crippen molar-refractivity contribution in [3.05, 3.63) is 54.5 Å². The Labute approximate surface area is 163 Å². The Morgan fingerprint density at radius 2 is 1.79 bits per heavy atom. The summed E-state index contributed by atoms with van der Waals surface area (Å²) in [5, 5.41) is 14.7. The van der Waals surface area contributed by atoms with Crippen LogP contribution < -0.4 is 9.80 Å². The largest absolute Gasteiger partial charge is 0.371 e. The van der Waals surface area contributed by atoms with Gasteiger partial charge in [-0.2, -0.15) is 4.52 Å². The Bertz CT molecular complexity index is 1120. The second kappa shape index (κ2) is 6.74. The molecule has 28 heavy (non-hydrogen) atoms. The van der Waals surface area contributed by atoms with E-state index >= 15 is 0 Å². The molecule has 0 atom stereocenters. The molecule has 1 fully saturated rings. The zero-order chi connectivity index (χ0) is 19.1. The molecule has 4 heterocycles. The number of hydrogen-bond donors (Lipinski definition) is 0. The predicted octanol–water partition coefficient (Wildman–Crippen LogP) is 3.12. The first-order valence-electron chi connectivity index (χ1n) is 9.69. The first-order chi connectivity index (χ1) is 13.7. The number of benzene rings is 1. The van der Waals surface area contributed by atoms with Gasteiger partial charge in [0, 0.05) is 50.4 Å². The minimum Gasteiger partial charge on any atom is -0.371 e. The highest BCUT2D eigenvalue weighted by atomic mass is 15.4. The molecule has 0 amide bonds. The summed E-state index contributed by atoms with van der Waals surface area (Å²) in [5.41, 5.74) is 3.12. The molecule has 1 aromatic carbocycles. The minimum atomic E-state index is 0.365. The zero-order valence-corrected chi connectivity index (χ0v) is 16.2. The van der Waals surface area contributed by atoms with Crippen molar-refractivity contribution < 1.29 is 0 Å². The van der Waals surface area contributed by atoms with Gasteiger partial charge in [-0.25, -0.2) is 0 Å². The molecular weight excluding hydrogens is 350 g/mol. The molecule has 0 saturated carbocycles. The lowest BCUT2D eigenvalue weighted by molar-refractivity contribution is 0.478. The molecule has 5 rings (SSSR count). The molecule has 0 radical (unpaired) electrons. The molecule has 142 valence electrons. The molecule has 0 N–H and O–H groups in total. The molecule has 7 heteroatoms. The van der Waals surface area contributed by atoms with Gasteiger partial charge in [-0.15, -0.1) is 15.3 Å². The monoisotopic (exact) mass is 373 g/mol. The quantitative estimate of drug-likeness (QED) is 0.550. The molecule has 3 aromatic heterocycles. The van der Waals surface area contributed by atoms with Crippen LogP contribution in [0, 0.1) is 0 Å². The third-order valence-corrected chi connectivity index (χ3v) is 5.56. The van der Waals surface area contributed by atoms with E-state index in [2.05, 4.69) is 44.3 Å². The van der Waals surface area contributed by atoms with Crippen molar-refractivity contribution in [3.63, 3.8) is 0 Å². The number of aromatic nitrogens is 5. The number of hydrogen-bond acceptors (Lipinski definition) is 6. The first kappa shape index (κ1) is 16.9. The van der Waals surface area contributed by atoms with Crippen LogP contribution in [-0.4, -0.2) is 52.0 Å². The maximum absolute atomic E-state index is 4.72. The van der Waals surface area contributed by atoms with Crippen LogP contribution in [0.15, 0.2) is 48.7 Å². The topological polar surface area (TPSA) is 62.5 Å². The lowest BCUT2D eigenvalue weighted by Crippen LogP contribution is -2.33. The first-order valence-corrected chi connectivity index (χ1v) is 9.69. The second-order valence-corrected chi connectivity index (χ2v) is 7.52. The normalized spacial score (nSPS) is 15.4. The molecule has 0 unspecified atom stereocenters.